The maximum atomic E-state index is 12.5. The van der Waals surface area contributed by atoms with Gasteiger partial charge in [-0.1, -0.05) is 41.4 Å². The van der Waals surface area contributed by atoms with Gasteiger partial charge in [0.05, 0.1) is 12.1 Å². The van der Waals surface area contributed by atoms with Gasteiger partial charge in [-0.05, 0) is 42.5 Å². The number of carboxylic acid groups (broad SMARTS) is 1. The van der Waals surface area contributed by atoms with E-state index in [4.69, 9.17) is 28.3 Å². The van der Waals surface area contributed by atoms with Gasteiger partial charge in [0.15, 0.2) is 0 Å². The van der Waals surface area contributed by atoms with Crippen LogP contribution in [-0.4, -0.2) is 27.6 Å². The van der Waals surface area contributed by atoms with Crippen LogP contribution in [0.3, 0.4) is 0 Å². The van der Waals surface area contributed by atoms with E-state index in [1.54, 1.807) is 54.6 Å². The summed E-state index contributed by atoms with van der Waals surface area (Å²) in [6.45, 7) is 0. The Labute approximate surface area is 182 Å². The molecule has 1 heterocycles. The van der Waals surface area contributed by atoms with E-state index < -0.39 is 17.8 Å². The minimum atomic E-state index is -0.971. The van der Waals surface area contributed by atoms with Crippen molar-refractivity contribution in [2.45, 2.75) is 12.8 Å². The number of aryl methyl sites for hydroxylation is 1. The van der Waals surface area contributed by atoms with Crippen LogP contribution in [0.4, 0.5) is 5.69 Å². The quantitative estimate of drug-likeness (QED) is 0.495. The average molecular weight is 446 g/mol. The lowest BCUT2D eigenvalue weighted by Gasteiger charge is -2.15. The molecule has 0 aliphatic rings. The second-order valence-electron chi connectivity index (χ2n) is 6.35. The van der Waals surface area contributed by atoms with E-state index in [1.807, 2.05) is 0 Å². The van der Waals surface area contributed by atoms with Crippen LogP contribution in [0.2, 0.25) is 10.0 Å². The molecule has 3 N–H and O–H groups in total. The molecule has 2 aromatic carbocycles. The standard InChI is InChI=1S/C21H17Cl2N3O4/c22-14-6-4-13(5-7-14)18-10-8-17(9-11-19(27)28)26(18)25-21(30)20(29)24-16-3-1-2-15(23)12-16/h1-8,10,12H,9,11H2,(H,24,29)(H,25,30)(H,27,28). The molecule has 0 fully saturated rings. The van der Waals surface area contributed by atoms with Crippen LogP contribution in [0, 0.1) is 0 Å². The van der Waals surface area contributed by atoms with E-state index in [2.05, 4.69) is 10.7 Å². The molecule has 9 heteroatoms. The Morgan fingerprint density at radius 1 is 0.900 bits per heavy atom. The topological polar surface area (TPSA) is 100 Å². The Balaban J connectivity index is 1.85. The number of aliphatic carboxylic acids is 1. The Kier molecular flexibility index (Phi) is 6.76. The summed E-state index contributed by atoms with van der Waals surface area (Å²) in [4.78, 5) is 35.8. The average Bonchev–Trinajstić information content (AvgIpc) is 3.09. The van der Waals surface area contributed by atoms with Gasteiger partial charge < -0.3 is 10.4 Å². The first-order chi connectivity index (χ1) is 14.3. The summed E-state index contributed by atoms with van der Waals surface area (Å²) in [5.41, 5.74) is 4.76. The van der Waals surface area contributed by atoms with Crippen molar-refractivity contribution in [3.8, 4) is 11.3 Å². The number of amides is 2. The van der Waals surface area contributed by atoms with Crippen LogP contribution >= 0.6 is 23.2 Å². The molecule has 0 radical (unpaired) electrons. The van der Waals surface area contributed by atoms with Gasteiger partial charge >= 0.3 is 17.8 Å². The summed E-state index contributed by atoms with van der Waals surface area (Å²) < 4.78 is 1.41. The number of hydrogen-bond acceptors (Lipinski definition) is 3. The minimum absolute atomic E-state index is 0.130. The second kappa shape index (κ2) is 9.47. The fraction of sp³-hybridized carbons (Fsp3) is 0.0952. The number of aromatic nitrogens is 1. The molecule has 0 unspecified atom stereocenters. The molecule has 0 atom stereocenters. The van der Waals surface area contributed by atoms with Crippen molar-refractivity contribution in [1.82, 2.24) is 4.68 Å². The van der Waals surface area contributed by atoms with E-state index >= 15 is 0 Å². The number of anilines is 1. The van der Waals surface area contributed by atoms with Gasteiger partial charge in [0.2, 0.25) is 0 Å². The Morgan fingerprint density at radius 3 is 2.30 bits per heavy atom. The molecule has 0 bridgehead atoms. The van der Waals surface area contributed by atoms with Crippen molar-refractivity contribution in [3.05, 3.63) is 76.4 Å². The molecule has 0 saturated heterocycles. The minimum Gasteiger partial charge on any atom is -0.481 e. The largest absolute Gasteiger partial charge is 0.481 e. The van der Waals surface area contributed by atoms with E-state index in [-0.39, 0.29) is 12.8 Å². The molecule has 0 aliphatic carbocycles. The zero-order valence-corrected chi connectivity index (χ0v) is 17.1. The monoisotopic (exact) mass is 445 g/mol. The summed E-state index contributed by atoms with van der Waals surface area (Å²) in [6, 6.07) is 16.7. The first kappa shape index (κ1) is 21.4. The van der Waals surface area contributed by atoms with Gasteiger partial charge in [-0.15, -0.1) is 0 Å². The number of carbonyl (C=O) groups excluding carboxylic acids is 2. The number of nitrogens with one attached hydrogen (secondary N) is 2. The molecule has 154 valence electrons. The molecule has 0 aliphatic heterocycles. The molecular weight excluding hydrogens is 429 g/mol. The summed E-state index contributed by atoms with van der Waals surface area (Å²) in [5.74, 6) is -2.78. The predicted octanol–water partition coefficient (Wildman–Crippen LogP) is 4.19. The second-order valence-corrected chi connectivity index (χ2v) is 7.22. The van der Waals surface area contributed by atoms with Crippen LogP contribution < -0.4 is 10.7 Å². The molecule has 7 nitrogen and oxygen atoms in total. The van der Waals surface area contributed by atoms with Crippen molar-refractivity contribution in [3.63, 3.8) is 0 Å². The number of carboxylic acids is 1. The van der Waals surface area contributed by atoms with Gasteiger partial charge in [0.1, 0.15) is 0 Å². The van der Waals surface area contributed by atoms with Crippen LogP contribution in [-0.2, 0) is 20.8 Å². The van der Waals surface area contributed by atoms with Gasteiger partial charge in [-0.25, -0.2) is 0 Å². The Morgan fingerprint density at radius 2 is 1.63 bits per heavy atom. The summed E-state index contributed by atoms with van der Waals surface area (Å²) in [6.07, 6.45) is 0.0355. The summed E-state index contributed by atoms with van der Waals surface area (Å²) >= 11 is 11.8. The highest BCUT2D eigenvalue weighted by atomic mass is 35.5. The number of hydrogen-bond donors (Lipinski definition) is 3. The third-order valence-electron chi connectivity index (χ3n) is 4.20. The van der Waals surface area contributed by atoms with Crippen molar-refractivity contribution >= 4 is 46.7 Å². The lowest BCUT2D eigenvalue weighted by molar-refractivity contribution is -0.137. The fourth-order valence-electron chi connectivity index (χ4n) is 2.79. The highest BCUT2D eigenvalue weighted by Gasteiger charge is 2.19. The lowest BCUT2D eigenvalue weighted by Crippen LogP contribution is -2.35. The van der Waals surface area contributed by atoms with Gasteiger partial charge in [0.25, 0.3) is 0 Å². The number of halogens is 2. The Bertz CT molecular complexity index is 1090. The zero-order valence-electron chi connectivity index (χ0n) is 15.6. The maximum absolute atomic E-state index is 12.5. The van der Waals surface area contributed by atoms with Crippen molar-refractivity contribution < 1.29 is 19.5 Å². The van der Waals surface area contributed by atoms with Crippen LogP contribution in [0.5, 0.6) is 0 Å². The molecule has 1 aromatic heterocycles. The molecule has 3 rings (SSSR count). The van der Waals surface area contributed by atoms with Gasteiger partial charge in [0, 0.05) is 33.4 Å². The third-order valence-corrected chi connectivity index (χ3v) is 4.69. The van der Waals surface area contributed by atoms with Crippen molar-refractivity contribution in [2.24, 2.45) is 0 Å². The van der Waals surface area contributed by atoms with E-state index in [1.165, 1.54) is 10.7 Å². The first-order valence-electron chi connectivity index (χ1n) is 8.90. The SMILES string of the molecule is O=C(O)CCc1ccc(-c2ccc(Cl)cc2)n1NC(=O)C(=O)Nc1cccc(Cl)c1. The van der Waals surface area contributed by atoms with Crippen LogP contribution in [0.25, 0.3) is 11.3 Å². The van der Waals surface area contributed by atoms with Gasteiger partial charge in [-0.3, -0.25) is 24.5 Å². The lowest BCUT2D eigenvalue weighted by atomic mass is 10.2. The smallest absolute Gasteiger partial charge is 0.328 e. The van der Waals surface area contributed by atoms with Crippen LogP contribution in [0.1, 0.15) is 12.1 Å². The van der Waals surface area contributed by atoms with E-state index in [0.29, 0.717) is 27.1 Å². The Hall–Kier alpha value is -3.29. The van der Waals surface area contributed by atoms with Crippen LogP contribution in [0.15, 0.2) is 60.7 Å². The van der Waals surface area contributed by atoms with E-state index in [0.717, 1.165) is 5.56 Å². The number of benzene rings is 2. The fourth-order valence-corrected chi connectivity index (χ4v) is 3.11. The normalized spacial score (nSPS) is 10.5. The molecule has 2 amide bonds. The zero-order chi connectivity index (χ0) is 21.7. The van der Waals surface area contributed by atoms with Crippen molar-refractivity contribution in [2.75, 3.05) is 10.7 Å². The van der Waals surface area contributed by atoms with E-state index in [9.17, 15) is 14.4 Å². The van der Waals surface area contributed by atoms with Crippen molar-refractivity contribution in [1.29, 1.82) is 0 Å². The molecule has 0 spiro atoms. The molecule has 30 heavy (non-hydrogen) atoms. The molecule has 3 aromatic rings. The molecule has 0 saturated carbocycles. The molecular formula is C21H17Cl2N3O4. The summed E-state index contributed by atoms with van der Waals surface area (Å²) in [5, 5.41) is 12.4. The highest BCUT2D eigenvalue weighted by Crippen LogP contribution is 2.24. The van der Waals surface area contributed by atoms with Gasteiger partial charge in [-0.2, -0.15) is 0 Å². The number of nitrogens with zero attached hydrogens (tertiary/aromatic N) is 1. The maximum Gasteiger partial charge on any atom is 0.328 e. The third kappa shape index (κ3) is 5.40. The first-order valence-corrected chi connectivity index (χ1v) is 9.65. The predicted molar refractivity (Wildman–Crippen MR) is 115 cm³/mol. The number of rotatable bonds is 6. The highest BCUT2D eigenvalue weighted by molar-refractivity contribution is 6.42. The number of carbonyl (C=O) groups is 3. The summed E-state index contributed by atoms with van der Waals surface area (Å²) in [7, 11) is 0.